The number of esters is 1. The van der Waals surface area contributed by atoms with Crippen LogP contribution in [0.4, 0.5) is 0 Å². The van der Waals surface area contributed by atoms with E-state index in [-0.39, 0.29) is 17.9 Å². The fourth-order valence-corrected chi connectivity index (χ4v) is 5.12. The van der Waals surface area contributed by atoms with Gasteiger partial charge >= 0.3 is 5.97 Å². The molecule has 30 heavy (non-hydrogen) atoms. The monoisotopic (exact) mass is 423 g/mol. The highest BCUT2D eigenvalue weighted by Gasteiger charge is 2.27. The molecule has 2 saturated carbocycles. The zero-order valence-electron chi connectivity index (χ0n) is 19.2. The SMILES string of the molecule is CC(C)C(=O)OC[C@@H]1CN[C@@H]2CCCC[C@H]2NCCNC2CCCCC2NCCN1. The van der Waals surface area contributed by atoms with Crippen LogP contribution in [0, 0.1) is 5.92 Å². The molecule has 7 heteroatoms. The molecule has 174 valence electrons. The second-order valence-electron chi connectivity index (χ2n) is 9.70. The molecular weight excluding hydrogens is 378 g/mol. The van der Waals surface area contributed by atoms with E-state index in [0.717, 1.165) is 32.7 Å². The first-order chi connectivity index (χ1) is 14.6. The molecule has 0 bridgehead atoms. The van der Waals surface area contributed by atoms with Gasteiger partial charge in [0.15, 0.2) is 0 Å². The van der Waals surface area contributed by atoms with Crippen LogP contribution >= 0.6 is 0 Å². The molecule has 1 aliphatic heterocycles. The van der Waals surface area contributed by atoms with Crippen LogP contribution in [0.2, 0.25) is 0 Å². The first-order valence-electron chi connectivity index (χ1n) is 12.5. The van der Waals surface area contributed by atoms with Crippen LogP contribution in [-0.2, 0) is 9.53 Å². The molecule has 0 spiro atoms. The highest BCUT2D eigenvalue weighted by Crippen LogP contribution is 2.20. The highest BCUT2D eigenvalue weighted by molar-refractivity contribution is 5.71. The molecule has 2 unspecified atom stereocenters. The van der Waals surface area contributed by atoms with Gasteiger partial charge < -0.3 is 31.3 Å². The Labute approximate surface area is 183 Å². The molecule has 5 N–H and O–H groups in total. The topological polar surface area (TPSA) is 86.5 Å². The second kappa shape index (κ2) is 13.0. The van der Waals surface area contributed by atoms with Crippen molar-refractivity contribution in [1.82, 2.24) is 26.6 Å². The number of rotatable bonds is 3. The summed E-state index contributed by atoms with van der Waals surface area (Å²) in [5, 5.41) is 18.8. The molecule has 0 amide bonds. The lowest BCUT2D eigenvalue weighted by atomic mass is 9.89. The fraction of sp³-hybridized carbons (Fsp3) is 0.957. The van der Waals surface area contributed by atoms with Gasteiger partial charge in [-0.3, -0.25) is 4.79 Å². The third-order valence-corrected chi connectivity index (χ3v) is 6.96. The van der Waals surface area contributed by atoms with Gasteiger partial charge in [-0.2, -0.15) is 0 Å². The Morgan fingerprint density at radius 1 is 0.733 bits per heavy atom. The van der Waals surface area contributed by atoms with E-state index in [1.54, 1.807) is 0 Å². The van der Waals surface area contributed by atoms with Crippen LogP contribution in [0.5, 0.6) is 0 Å². The van der Waals surface area contributed by atoms with E-state index in [4.69, 9.17) is 4.74 Å². The summed E-state index contributed by atoms with van der Waals surface area (Å²) in [6, 6.07) is 2.30. The lowest BCUT2D eigenvalue weighted by Crippen LogP contribution is -2.54. The van der Waals surface area contributed by atoms with Crippen molar-refractivity contribution >= 4 is 5.97 Å². The van der Waals surface area contributed by atoms with E-state index in [1.165, 1.54) is 51.4 Å². The minimum absolute atomic E-state index is 0.0791. The fourth-order valence-electron chi connectivity index (χ4n) is 5.12. The van der Waals surface area contributed by atoms with E-state index in [1.807, 2.05) is 13.8 Å². The molecule has 0 radical (unpaired) electrons. The Hall–Kier alpha value is -0.730. The Balaban J connectivity index is 1.59. The normalized spacial score (nSPS) is 34.8. The Kier molecular flexibility index (Phi) is 10.3. The molecule has 1 saturated heterocycles. The first kappa shape index (κ1) is 23.9. The number of hydrogen-bond donors (Lipinski definition) is 5. The zero-order valence-corrected chi connectivity index (χ0v) is 19.2. The van der Waals surface area contributed by atoms with Crippen LogP contribution in [0.25, 0.3) is 0 Å². The van der Waals surface area contributed by atoms with Gasteiger partial charge in [0.25, 0.3) is 0 Å². The average molecular weight is 424 g/mol. The number of ether oxygens (including phenoxy) is 1. The van der Waals surface area contributed by atoms with E-state index < -0.39 is 0 Å². The summed E-state index contributed by atoms with van der Waals surface area (Å²) in [7, 11) is 0. The van der Waals surface area contributed by atoms with Crippen molar-refractivity contribution in [1.29, 1.82) is 0 Å². The van der Waals surface area contributed by atoms with Crippen LogP contribution in [-0.4, -0.2) is 75.5 Å². The van der Waals surface area contributed by atoms with Gasteiger partial charge in [0.05, 0.1) is 12.0 Å². The number of carbonyl (C=O) groups is 1. The van der Waals surface area contributed by atoms with Gasteiger partial charge in [-0.15, -0.1) is 0 Å². The highest BCUT2D eigenvalue weighted by atomic mass is 16.5. The Morgan fingerprint density at radius 2 is 1.17 bits per heavy atom. The predicted octanol–water partition coefficient (Wildman–Crippen LogP) is 1.14. The van der Waals surface area contributed by atoms with E-state index in [9.17, 15) is 4.79 Å². The number of fused-ring (bicyclic) bond motifs is 2. The summed E-state index contributed by atoms with van der Waals surface area (Å²) in [6.07, 6.45) is 10.2. The van der Waals surface area contributed by atoms with Gasteiger partial charge in [0.2, 0.25) is 0 Å². The summed E-state index contributed by atoms with van der Waals surface area (Å²) in [4.78, 5) is 12.0. The van der Waals surface area contributed by atoms with Crippen molar-refractivity contribution in [3.63, 3.8) is 0 Å². The lowest BCUT2D eigenvalue weighted by molar-refractivity contribution is -0.148. The van der Waals surface area contributed by atoms with Crippen LogP contribution in [0.3, 0.4) is 0 Å². The third-order valence-electron chi connectivity index (χ3n) is 6.96. The molecule has 3 rings (SSSR count). The molecule has 0 aromatic rings. The molecule has 7 nitrogen and oxygen atoms in total. The second-order valence-corrected chi connectivity index (χ2v) is 9.70. The Morgan fingerprint density at radius 3 is 1.63 bits per heavy atom. The third kappa shape index (κ3) is 7.75. The quantitative estimate of drug-likeness (QED) is 0.435. The lowest BCUT2D eigenvalue weighted by Gasteiger charge is -2.35. The Bertz CT molecular complexity index is 504. The number of hydrogen-bond acceptors (Lipinski definition) is 7. The number of nitrogens with one attached hydrogen (secondary N) is 5. The van der Waals surface area contributed by atoms with E-state index in [0.29, 0.717) is 30.8 Å². The summed E-state index contributed by atoms with van der Waals surface area (Å²) in [5.74, 6) is -0.191. The molecule has 3 fully saturated rings. The van der Waals surface area contributed by atoms with Gasteiger partial charge in [-0.25, -0.2) is 0 Å². The van der Waals surface area contributed by atoms with Crippen molar-refractivity contribution in [2.45, 2.75) is 95.4 Å². The van der Waals surface area contributed by atoms with E-state index in [2.05, 4.69) is 26.6 Å². The van der Waals surface area contributed by atoms with Crippen LogP contribution in [0.1, 0.15) is 65.2 Å². The smallest absolute Gasteiger partial charge is 0.308 e. The summed E-state index contributed by atoms with van der Waals surface area (Å²) in [5.41, 5.74) is 0. The van der Waals surface area contributed by atoms with Crippen LogP contribution < -0.4 is 26.6 Å². The maximum atomic E-state index is 12.0. The van der Waals surface area contributed by atoms with Crippen molar-refractivity contribution in [2.75, 3.05) is 39.3 Å². The van der Waals surface area contributed by atoms with Crippen molar-refractivity contribution < 1.29 is 9.53 Å². The summed E-state index contributed by atoms with van der Waals surface area (Å²) < 4.78 is 5.57. The van der Waals surface area contributed by atoms with Crippen molar-refractivity contribution in [3.8, 4) is 0 Å². The molecule has 1 heterocycles. The molecular formula is C23H45N5O2. The van der Waals surface area contributed by atoms with Gasteiger partial charge in [-0.05, 0) is 25.7 Å². The average Bonchev–Trinajstić information content (AvgIpc) is 2.76. The molecule has 0 aromatic heterocycles. The largest absolute Gasteiger partial charge is 0.464 e. The molecule has 2 aliphatic carbocycles. The van der Waals surface area contributed by atoms with Gasteiger partial charge in [-0.1, -0.05) is 39.5 Å². The molecule has 5 atom stereocenters. The minimum atomic E-state index is -0.112. The predicted molar refractivity (Wildman–Crippen MR) is 122 cm³/mol. The molecule has 3 aliphatic rings. The first-order valence-corrected chi connectivity index (χ1v) is 12.5. The zero-order chi connectivity index (χ0) is 21.2. The maximum absolute atomic E-state index is 12.0. The molecule has 0 aromatic carbocycles. The standard InChI is InChI=1S/C23H45N5O2/c1-17(2)23(29)30-16-18-15-28-22-10-6-5-9-21(22)27-14-13-26-20-8-4-3-7-19(20)25-12-11-24-18/h17-22,24-28H,3-16H2,1-2H3/t18-,19?,20?,21+,22+/m0/s1. The van der Waals surface area contributed by atoms with Crippen molar-refractivity contribution in [2.24, 2.45) is 5.92 Å². The van der Waals surface area contributed by atoms with Crippen LogP contribution in [0.15, 0.2) is 0 Å². The minimum Gasteiger partial charge on any atom is -0.464 e. The summed E-state index contributed by atoms with van der Waals surface area (Å²) >= 11 is 0. The van der Waals surface area contributed by atoms with Gasteiger partial charge in [0.1, 0.15) is 6.61 Å². The number of carbonyl (C=O) groups excluding carboxylic acids is 1. The van der Waals surface area contributed by atoms with Crippen molar-refractivity contribution in [3.05, 3.63) is 0 Å². The van der Waals surface area contributed by atoms with Gasteiger partial charge in [0, 0.05) is 56.9 Å². The van der Waals surface area contributed by atoms with E-state index >= 15 is 0 Å². The summed E-state index contributed by atoms with van der Waals surface area (Å²) in [6.45, 7) is 8.95. The maximum Gasteiger partial charge on any atom is 0.308 e.